The number of carbonyl (C=O) groups is 1. The highest BCUT2D eigenvalue weighted by molar-refractivity contribution is 9.10. The molecule has 1 saturated carbocycles. The van der Waals surface area contributed by atoms with Crippen LogP contribution in [0.4, 0.5) is 0 Å². The summed E-state index contributed by atoms with van der Waals surface area (Å²) in [6.45, 7) is 2.14. The molecule has 0 heterocycles. The van der Waals surface area contributed by atoms with Crippen molar-refractivity contribution in [3.8, 4) is 0 Å². The molecule has 0 saturated heterocycles. The van der Waals surface area contributed by atoms with Crippen LogP contribution in [0, 0.1) is 11.3 Å². The van der Waals surface area contributed by atoms with Gasteiger partial charge in [-0.15, -0.1) is 0 Å². The topological polar surface area (TPSA) is 37.3 Å². The summed E-state index contributed by atoms with van der Waals surface area (Å²) < 4.78 is 0.919. The van der Waals surface area contributed by atoms with E-state index in [2.05, 4.69) is 22.9 Å². The van der Waals surface area contributed by atoms with Crippen LogP contribution >= 0.6 is 27.5 Å². The largest absolute Gasteiger partial charge is 0.481 e. The van der Waals surface area contributed by atoms with Crippen molar-refractivity contribution in [2.75, 3.05) is 0 Å². The number of carboxylic acids is 1. The summed E-state index contributed by atoms with van der Waals surface area (Å²) in [4.78, 5) is 11.8. The molecule has 1 aliphatic rings. The highest BCUT2D eigenvalue weighted by Crippen LogP contribution is 2.43. The minimum Gasteiger partial charge on any atom is -0.481 e. The molecule has 1 fully saturated rings. The van der Waals surface area contributed by atoms with Gasteiger partial charge in [0.2, 0.25) is 0 Å². The molecule has 104 valence electrons. The van der Waals surface area contributed by atoms with Gasteiger partial charge in [-0.1, -0.05) is 53.4 Å². The molecule has 0 aromatic heterocycles. The van der Waals surface area contributed by atoms with Crippen molar-refractivity contribution in [3.63, 3.8) is 0 Å². The zero-order valence-corrected chi connectivity index (χ0v) is 13.3. The Morgan fingerprint density at radius 3 is 2.89 bits per heavy atom. The minimum atomic E-state index is -0.682. The third-order valence-electron chi connectivity index (χ3n) is 4.09. The van der Waals surface area contributed by atoms with Gasteiger partial charge in [-0.2, -0.15) is 0 Å². The second-order valence-corrected chi connectivity index (χ2v) is 7.02. The molecule has 2 nitrogen and oxygen atoms in total. The van der Waals surface area contributed by atoms with Crippen LogP contribution in [-0.4, -0.2) is 11.1 Å². The van der Waals surface area contributed by atoms with Gasteiger partial charge < -0.3 is 5.11 Å². The zero-order chi connectivity index (χ0) is 14.0. The van der Waals surface area contributed by atoms with Crippen molar-refractivity contribution in [2.45, 2.75) is 39.0 Å². The van der Waals surface area contributed by atoms with Gasteiger partial charge in [-0.3, -0.25) is 4.79 Å². The first-order valence-electron chi connectivity index (χ1n) is 6.60. The fourth-order valence-electron chi connectivity index (χ4n) is 3.12. The number of halogens is 2. The second kappa shape index (κ2) is 5.84. The molecule has 0 amide bonds. The number of aliphatic carboxylic acids is 1. The molecule has 2 rings (SSSR count). The number of rotatable bonds is 3. The van der Waals surface area contributed by atoms with Gasteiger partial charge in [-0.05, 0) is 42.9 Å². The summed E-state index contributed by atoms with van der Waals surface area (Å²) in [7, 11) is 0. The zero-order valence-electron chi connectivity index (χ0n) is 11.0. The number of benzene rings is 1. The van der Waals surface area contributed by atoms with E-state index in [1.807, 2.05) is 18.2 Å². The lowest BCUT2D eigenvalue weighted by Gasteiger charge is -2.36. The molecule has 0 radical (unpaired) electrons. The van der Waals surface area contributed by atoms with Gasteiger partial charge in [0, 0.05) is 9.50 Å². The van der Waals surface area contributed by atoms with E-state index in [4.69, 9.17) is 11.6 Å². The summed E-state index contributed by atoms with van der Waals surface area (Å²) >= 11 is 9.60. The van der Waals surface area contributed by atoms with Gasteiger partial charge in [-0.25, -0.2) is 0 Å². The molecule has 1 aromatic rings. The number of hydrogen-bond acceptors (Lipinski definition) is 1. The fourth-order valence-corrected chi connectivity index (χ4v) is 3.86. The molecule has 0 bridgehead atoms. The van der Waals surface area contributed by atoms with E-state index in [0.29, 0.717) is 17.4 Å². The first-order valence-corrected chi connectivity index (χ1v) is 7.77. The first-order chi connectivity index (χ1) is 8.93. The quantitative estimate of drug-likeness (QED) is 0.843. The Hall–Kier alpha value is -0.540. The predicted molar refractivity (Wildman–Crippen MR) is 80.6 cm³/mol. The normalized spacial score (nSPS) is 27.2. The average molecular weight is 346 g/mol. The van der Waals surface area contributed by atoms with Crippen molar-refractivity contribution in [1.82, 2.24) is 0 Å². The summed E-state index contributed by atoms with van der Waals surface area (Å²) in [6.07, 6.45) is 4.14. The number of hydrogen-bond donors (Lipinski definition) is 1. The minimum absolute atomic E-state index is 0.471. The van der Waals surface area contributed by atoms with Crippen molar-refractivity contribution >= 4 is 33.5 Å². The van der Waals surface area contributed by atoms with Crippen LogP contribution in [0.1, 0.15) is 38.2 Å². The molecular weight excluding hydrogens is 328 g/mol. The van der Waals surface area contributed by atoms with E-state index < -0.39 is 11.4 Å². The lowest BCUT2D eigenvalue weighted by Crippen LogP contribution is -2.38. The van der Waals surface area contributed by atoms with Gasteiger partial charge >= 0.3 is 5.97 Å². The Bertz CT molecular complexity index is 489. The van der Waals surface area contributed by atoms with E-state index in [1.165, 1.54) is 0 Å². The summed E-state index contributed by atoms with van der Waals surface area (Å²) in [5.41, 5.74) is 0.288. The highest BCUT2D eigenvalue weighted by atomic mass is 79.9. The molecular formula is C15H18BrClO2. The highest BCUT2D eigenvalue weighted by Gasteiger charge is 2.42. The fraction of sp³-hybridized carbons (Fsp3) is 0.533. The summed E-state index contributed by atoms with van der Waals surface area (Å²) in [6, 6.07) is 5.68. The molecule has 4 heteroatoms. The van der Waals surface area contributed by atoms with Crippen molar-refractivity contribution in [3.05, 3.63) is 33.3 Å². The van der Waals surface area contributed by atoms with Crippen LogP contribution in [0.3, 0.4) is 0 Å². The maximum Gasteiger partial charge on any atom is 0.309 e. The molecule has 19 heavy (non-hydrogen) atoms. The Morgan fingerprint density at radius 2 is 2.32 bits per heavy atom. The van der Waals surface area contributed by atoms with Gasteiger partial charge in [0.25, 0.3) is 0 Å². The summed E-state index contributed by atoms with van der Waals surface area (Å²) in [5, 5.41) is 10.3. The average Bonchev–Trinajstić information content (AvgIpc) is 2.33. The second-order valence-electron chi connectivity index (χ2n) is 5.70. The smallest absolute Gasteiger partial charge is 0.309 e. The molecule has 0 spiro atoms. The Labute approximate surface area is 127 Å². The Morgan fingerprint density at radius 1 is 1.58 bits per heavy atom. The molecule has 1 N–H and O–H groups in total. The molecule has 1 aliphatic carbocycles. The Balaban J connectivity index is 2.28. The van der Waals surface area contributed by atoms with Crippen LogP contribution in [0.25, 0.3) is 0 Å². The molecule has 0 aliphatic heterocycles. The van der Waals surface area contributed by atoms with Gasteiger partial charge in [0.05, 0.1) is 5.41 Å². The van der Waals surface area contributed by atoms with E-state index in [1.54, 1.807) is 0 Å². The van der Waals surface area contributed by atoms with Crippen molar-refractivity contribution in [2.24, 2.45) is 11.3 Å². The van der Waals surface area contributed by atoms with E-state index >= 15 is 0 Å². The maximum atomic E-state index is 11.8. The standard InChI is InChI=1S/C15H18BrClO2/c1-10-3-2-6-15(8-10,14(18)19)9-11-4-5-12(16)7-13(11)17/h4-5,7,10H,2-3,6,8-9H2,1H3,(H,18,19). The lowest BCUT2D eigenvalue weighted by molar-refractivity contribution is -0.152. The van der Waals surface area contributed by atoms with Crippen LogP contribution in [-0.2, 0) is 11.2 Å². The summed E-state index contributed by atoms with van der Waals surface area (Å²) in [5.74, 6) is -0.211. The number of carboxylic acid groups (broad SMARTS) is 1. The maximum absolute atomic E-state index is 11.8. The van der Waals surface area contributed by atoms with Crippen molar-refractivity contribution in [1.29, 1.82) is 0 Å². The van der Waals surface area contributed by atoms with Crippen LogP contribution in [0.2, 0.25) is 5.02 Å². The lowest BCUT2D eigenvalue weighted by atomic mass is 9.67. The Kier molecular flexibility index (Phi) is 4.57. The monoisotopic (exact) mass is 344 g/mol. The SMILES string of the molecule is CC1CCCC(Cc2ccc(Br)cc2Cl)(C(=O)O)C1. The van der Waals surface area contributed by atoms with Crippen LogP contribution < -0.4 is 0 Å². The third kappa shape index (κ3) is 3.32. The van der Waals surface area contributed by atoms with E-state index in [-0.39, 0.29) is 0 Å². The molecule has 2 unspecified atom stereocenters. The molecule has 2 atom stereocenters. The predicted octanol–water partition coefficient (Wildman–Crippen LogP) is 4.93. The third-order valence-corrected chi connectivity index (χ3v) is 4.93. The van der Waals surface area contributed by atoms with Crippen molar-refractivity contribution < 1.29 is 9.90 Å². The molecule has 1 aromatic carbocycles. The first kappa shape index (κ1) is 14.9. The van der Waals surface area contributed by atoms with E-state index in [9.17, 15) is 9.90 Å². The van der Waals surface area contributed by atoms with Crippen LogP contribution in [0.5, 0.6) is 0 Å². The van der Waals surface area contributed by atoms with E-state index in [0.717, 1.165) is 35.7 Å². The van der Waals surface area contributed by atoms with Crippen LogP contribution in [0.15, 0.2) is 22.7 Å². The van der Waals surface area contributed by atoms with Gasteiger partial charge in [0.15, 0.2) is 0 Å². The van der Waals surface area contributed by atoms with Gasteiger partial charge in [0.1, 0.15) is 0 Å².